The molecule has 1 rings (SSSR count). The van der Waals surface area contributed by atoms with E-state index < -0.39 is 24.4 Å². The minimum atomic E-state index is -2.87. The topological polar surface area (TPSA) is 63.0 Å². The van der Waals surface area contributed by atoms with Gasteiger partial charge >= 0.3 is 5.97 Å². The molecule has 1 heterocycles. The van der Waals surface area contributed by atoms with Gasteiger partial charge in [0.25, 0.3) is 6.43 Å². The summed E-state index contributed by atoms with van der Waals surface area (Å²) < 4.78 is 29.8. The van der Waals surface area contributed by atoms with Crippen molar-refractivity contribution in [2.24, 2.45) is 0 Å². The predicted molar refractivity (Wildman–Crippen MR) is 54.6 cm³/mol. The minimum absolute atomic E-state index is 0.127. The fraction of sp³-hybridized carbons (Fsp3) is 0.300. The molecule has 0 bridgehead atoms. The van der Waals surface area contributed by atoms with Crippen molar-refractivity contribution in [3.05, 3.63) is 28.0 Å². The third-order valence-electron chi connectivity index (χ3n) is 1.96. The molecule has 0 aliphatic heterocycles. The SMILES string of the molecule is COC(=O)Cc1nc(C#N)cc(Cl)c1C(F)F. The monoisotopic (exact) mass is 260 g/mol. The molecule has 0 aliphatic rings. The summed E-state index contributed by atoms with van der Waals surface area (Å²) in [4.78, 5) is 14.7. The molecule has 1 aromatic rings. The van der Waals surface area contributed by atoms with E-state index in [0.717, 1.165) is 13.2 Å². The van der Waals surface area contributed by atoms with E-state index in [0.29, 0.717) is 0 Å². The zero-order valence-corrected chi connectivity index (χ0v) is 9.46. The first-order valence-electron chi connectivity index (χ1n) is 4.44. The Morgan fingerprint density at radius 3 is 2.82 bits per heavy atom. The van der Waals surface area contributed by atoms with E-state index in [1.165, 1.54) is 0 Å². The number of carbonyl (C=O) groups excluding carboxylic acids is 1. The fourth-order valence-corrected chi connectivity index (χ4v) is 1.50. The lowest BCUT2D eigenvalue weighted by Crippen LogP contribution is -2.10. The molecule has 0 radical (unpaired) electrons. The Morgan fingerprint density at radius 1 is 1.71 bits per heavy atom. The molecule has 0 fully saturated rings. The molecule has 0 unspecified atom stereocenters. The van der Waals surface area contributed by atoms with Crippen molar-refractivity contribution in [1.29, 1.82) is 5.26 Å². The number of carbonyl (C=O) groups is 1. The summed E-state index contributed by atoms with van der Waals surface area (Å²) in [6.45, 7) is 0. The lowest BCUT2D eigenvalue weighted by Gasteiger charge is -2.09. The Balaban J connectivity index is 3.28. The van der Waals surface area contributed by atoms with Crippen LogP contribution >= 0.6 is 11.6 Å². The van der Waals surface area contributed by atoms with E-state index in [4.69, 9.17) is 16.9 Å². The van der Waals surface area contributed by atoms with Crippen molar-refractivity contribution in [3.8, 4) is 6.07 Å². The van der Waals surface area contributed by atoms with Crippen LogP contribution in [0.5, 0.6) is 0 Å². The van der Waals surface area contributed by atoms with Gasteiger partial charge in [-0.2, -0.15) is 5.26 Å². The number of esters is 1. The number of halogens is 3. The van der Waals surface area contributed by atoms with Crippen molar-refractivity contribution < 1.29 is 18.3 Å². The zero-order chi connectivity index (χ0) is 13.0. The number of ether oxygens (including phenoxy) is 1. The van der Waals surface area contributed by atoms with E-state index in [1.54, 1.807) is 6.07 Å². The first kappa shape index (κ1) is 13.3. The highest BCUT2D eigenvalue weighted by Crippen LogP contribution is 2.30. The molecular weight excluding hydrogens is 254 g/mol. The van der Waals surface area contributed by atoms with Crippen LogP contribution in [-0.4, -0.2) is 18.1 Å². The maximum atomic E-state index is 12.7. The normalized spacial score (nSPS) is 10.1. The van der Waals surface area contributed by atoms with Crippen LogP contribution in [0.2, 0.25) is 5.02 Å². The van der Waals surface area contributed by atoms with Gasteiger partial charge in [-0.05, 0) is 6.07 Å². The van der Waals surface area contributed by atoms with E-state index >= 15 is 0 Å². The van der Waals surface area contributed by atoms with Gasteiger partial charge in [0, 0.05) is 0 Å². The highest BCUT2D eigenvalue weighted by Gasteiger charge is 2.21. The van der Waals surface area contributed by atoms with Crippen LogP contribution in [0.25, 0.3) is 0 Å². The van der Waals surface area contributed by atoms with Crippen molar-refractivity contribution in [2.75, 3.05) is 7.11 Å². The Kier molecular flexibility index (Phi) is 4.35. The average molecular weight is 261 g/mol. The Bertz CT molecular complexity index is 486. The first-order chi connectivity index (χ1) is 7.99. The second-order valence-electron chi connectivity index (χ2n) is 3.02. The molecule has 0 N–H and O–H groups in total. The third-order valence-corrected chi connectivity index (χ3v) is 2.27. The van der Waals surface area contributed by atoms with Crippen molar-refractivity contribution in [2.45, 2.75) is 12.8 Å². The number of pyridine rings is 1. The second-order valence-corrected chi connectivity index (χ2v) is 3.42. The quantitative estimate of drug-likeness (QED) is 0.782. The summed E-state index contributed by atoms with van der Waals surface area (Å²) in [6, 6.07) is 2.70. The lowest BCUT2D eigenvalue weighted by molar-refractivity contribution is -0.139. The largest absolute Gasteiger partial charge is 0.469 e. The number of methoxy groups -OCH3 is 1. The summed E-state index contributed by atoms with van der Waals surface area (Å²) in [7, 11) is 1.13. The van der Waals surface area contributed by atoms with Crippen molar-refractivity contribution in [3.63, 3.8) is 0 Å². The van der Waals surface area contributed by atoms with Gasteiger partial charge in [0.1, 0.15) is 11.8 Å². The molecular formula is C10H7ClF2N2O2. The summed E-state index contributed by atoms with van der Waals surface area (Å²) in [5, 5.41) is 8.35. The van der Waals surface area contributed by atoms with E-state index in [2.05, 4.69) is 9.72 Å². The van der Waals surface area contributed by atoms with Gasteiger partial charge in [-0.3, -0.25) is 4.79 Å². The Labute approximate surface area is 101 Å². The number of hydrogen-bond donors (Lipinski definition) is 0. The van der Waals surface area contributed by atoms with E-state index in [9.17, 15) is 13.6 Å². The van der Waals surface area contributed by atoms with Gasteiger partial charge in [0.2, 0.25) is 0 Å². The van der Waals surface area contributed by atoms with Gasteiger partial charge in [0.05, 0.1) is 29.8 Å². The van der Waals surface area contributed by atoms with Gasteiger partial charge in [-0.15, -0.1) is 0 Å². The van der Waals surface area contributed by atoms with Gasteiger partial charge < -0.3 is 4.74 Å². The molecule has 1 aromatic heterocycles. The molecule has 17 heavy (non-hydrogen) atoms. The average Bonchev–Trinajstić information content (AvgIpc) is 2.27. The van der Waals surface area contributed by atoms with Crippen molar-refractivity contribution in [1.82, 2.24) is 4.98 Å². The Morgan fingerprint density at radius 2 is 2.35 bits per heavy atom. The lowest BCUT2D eigenvalue weighted by atomic mass is 10.1. The minimum Gasteiger partial charge on any atom is -0.469 e. The maximum absolute atomic E-state index is 12.7. The highest BCUT2D eigenvalue weighted by atomic mass is 35.5. The smallest absolute Gasteiger partial charge is 0.311 e. The summed E-state index contributed by atoms with van der Waals surface area (Å²) in [5.41, 5.74) is -0.912. The number of nitriles is 1. The van der Waals surface area contributed by atoms with Crippen LogP contribution in [0.3, 0.4) is 0 Å². The third kappa shape index (κ3) is 3.11. The molecule has 0 saturated carbocycles. The first-order valence-corrected chi connectivity index (χ1v) is 4.81. The molecule has 0 amide bonds. The second kappa shape index (κ2) is 5.55. The molecule has 0 spiro atoms. The molecule has 90 valence electrons. The van der Waals surface area contributed by atoms with Crippen LogP contribution in [0, 0.1) is 11.3 Å². The van der Waals surface area contributed by atoms with Crippen LogP contribution in [-0.2, 0) is 16.0 Å². The van der Waals surface area contributed by atoms with E-state index in [1.807, 2.05) is 0 Å². The maximum Gasteiger partial charge on any atom is 0.311 e. The van der Waals surface area contributed by atoms with Crippen LogP contribution < -0.4 is 0 Å². The summed E-state index contributed by atoms with van der Waals surface area (Å²) in [6.07, 6.45) is -3.33. The standard InChI is InChI=1S/C10H7ClF2N2O2/c1-17-8(16)3-7-9(10(12)13)6(11)2-5(4-14)15-7/h2,10H,3H2,1H3. The predicted octanol–water partition coefficient (Wildman–Crippen LogP) is 2.26. The molecule has 4 nitrogen and oxygen atoms in total. The van der Waals surface area contributed by atoms with Gasteiger partial charge in [-0.25, -0.2) is 13.8 Å². The van der Waals surface area contributed by atoms with Crippen LogP contribution in [0.15, 0.2) is 6.07 Å². The number of rotatable bonds is 3. The number of aromatic nitrogens is 1. The van der Waals surface area contributed by atoms with Crippen LogP contribution in [0.4, 0.5) is 8.78 Å². The molecule has 0 aliphatic carbocycles. The van der Waals surface area contributed by atoms with Crippen LogP contribution in [0.1, 0.15) is 23.4 Å². The number of alkyl halides is 2. The van der Waals surface area contributed by atoms with Gasteiger partial charge in [0.15, 0.2) is 0 Å². The Hall–Kier alpha value is -1.74. The molecule has 0 atom stereocenters. The van der Waals surface area contributed by atoms with Crippen molar-refractivity contribution >= 4 is 17.6 Å². The number of nitrogens with zero attached hydrogens (tertiary/aromatic N) is 2. The summed E-state index contributed by atoms with van der Waals surface area (Å²) >= 11 is 5.61. The molecule has 0 aromatic carbocycles. The van der Waals surface area contributed by atoms with Gasteiger partial charge in [-0.1, -0.05) is 11.6 Å². The number of hydrogen-bond acceptors (Lipinski definition) is 4. The molecule has 0 saturated heterocycles. The molecule has 7 heteroatoms. The summed E-state index contributed by atoms with van der Waals surface area (Å²) in [5.74, 6) is -0.731. The highest BCUT2D eigenvalue weighted by molar-refractivity contribution is 6.31. The van der Waals surface area contributed by atoms with E-state index in [-0.39, 0.29) is 16.4 Å². The zero-order valence-electron chi connectivity index (χ0n) is 8.71. The fourth-order valence-electron chi connectivity index (χ4n) is 1.20.